The van der Waals surface area contributed by atoms with Crippen LogP contribution < -0.4 is 9.47 Å². The molecule has 9 nitrogen and oxygen atoms in total. The first-order valence-corrected chi connectivity index (χ1v) is 8.80. The highest BCUT2D eigenvalue weighted by molar-refractivity contribution is 6.12. The smallest absolute Gasteiger partial charge is 0.270 e. The number of hydrogen-bond donors (Lipinski definition) is 1. The monoisotopic (exact) mass is 409 g/mol. The summed E-state index contributed by atoms with van der Waals surface area (Å²) in [7, 11) is 4.51. The minimum absolute atomic E-state index is 0.0591. The molecule has 9 heteroatoms. The number of nitro benzene ring substituents is 1. The Bertz CT molecular complexity index is 1150. The van der Waals surface area contributed by atoms with Crippen LogP contribution in [0.1, 0.15) is 15.9 Å². The first-order valence-electron chi connectivity index (χ1n) is 8.80. The van der Waals surface area contributed by atoms with Gasteiger partial charge in [-0.05, 0) is 17.7 Å². The van der Waals surface area contributed by atoms with Crippen LogP contribution in [0.2, 0.25) is 0 Å². The lowest BCUT2D eigenvalue weighted by atomic mass is 9.99. The number of rotatable bonds is 7. The van der Waals surface area contributed by atoms with Crippen LogP contribution in [-0.2, 0) is 7.05 Å². The van der Waals surface area contributed by atoms with Gasteiger partial charge >= 0.3 is 0 Å². The number of phenols is 1. The Labute approximate surface area is 171 Å². The van der Waals surface area contributed by atoms with E-state index in [0.29, 0.717) is 22.6 Å². The summed E-state index contributed by atoms with van der Waals surface area (Å²) in [4.78, 5) is 23.3. The molecule has 0 aliphatic rings. The second-order valence-corrected chi connectivity index (χ2v) is 6.27. The molecule has 1 N–H and O–H groups in total. The summed E-state index contributed by atoms with van der Waals surface area (Å²) in [5.41, 5.74) is 1.16. The van der Waals surface area contributed by atoms with Gasteiger partial charge in [0.25, 0.3) is 5.69 Å². The number of ketones is 1. The average Bonchev–Trinajstić information content (AvgIpc) is 3.16. The maximum Gasteiger partial charge on any atom is 0.270 e. The van der Waals surface area contributed by atoms with Crippen molar-refractivity contribution >= 4 is 17.5 Å². The molecule has 0 aliphatic carbocycles. The van der Waals surface area contributed by atoms with Crippen LogP contribution >= 0.6 is 0 Å². The zero-order valence-corrected chi connectivity index (χ0v) is 16.5. The summed E-state index contributed by atoms with van der Waals surface area (Å²) in [6.45, 7) is 0. The van der Waals surface area contributed by atoms with E-state index in [9.17, 15) is 20.0 Å². The maximum atomic E-state index is 12.9. The SMILES string of the molecule is COc1cc(OC)c(-c2ccnn2C)c(O)c1C(=O)/C=C/c1cccc([N+](=O)[O-])c1. The minimum atomic E-state index is -0.540. The van der Waals surface area contributed by atoms with E-state index in [1.807, 2.05) is 0 Å². The molecular formula is C21H19N3O6. The molecule has 0 unspecified atom stereocenters. The van der Waals surface area contributed by atoms with E-state index in [-0.39, 0.29) is 22.7 Å². The molecule has 0 spiro atoms. The van der Waals surface area contributed by atoms with Gasteiger partial charge in [0.05, 0.1) is 30.4 Å². The number of hydrogen-bond acceptors (Lipinski definition) is 7. The normalized spacial score (nSPS) is 10.9. The third kappa shape index (κ3) is 3.86. The number of carbonyl (C=O) groups excluding carboxylic acids is 1. The minimum Gasteiger partial charge on any atom is -0.506 e. The quantitative estimate of drug-likeness (QED) is 0.274. The Morgan fingerprint density at radius 3 is 2.53 bits per heavy atom. The van der Waals surface area contributed by atoms with Crippen molar-refractivity contribution in [2.45, 2.75) is 0 Å². The third-order valence-electron chi connectivity index (χ3n) is 4.50. The van der Waals surface area contributed by atoms with Crippen molar-refractivity contribution in [2.75, 3.05) is 14.2 Å². The fourth-order valence-electron chi connectivity index (χ4n) is 3.05. The molecule has 0 fully saturated rings. The number of phenolic OH excluding ortho intramolecular Hbond substituents is 1. The number of ether oxygens (including phenoxy) is 2. The molecule has 1 heterocycles. The van der Waals surface area contributed by atoms with Crippen LogP contribution in [0.25, 0.3) is 17.3 Å². The van der Waals surface area contributed by atoms with Gasteiger partial charge in [0.15, 0.2) is 5.78 Å². The zero-order valence-electron chi connectivity index (χ0n) is 16.5. The summed E-state index contributed by atoms with van der Waals surface area (Å²) < 4.78 is 12.2. The van der Waals surface area contributed by atoms with E-state index < -0.39 is 10.7 Å². The van der Waals surface area contributed by atoms with Gasteiger partial charge in [-0.1, -0.05) is 18.2 Å². The molecule has 3 aromatic rings. The number of benzene rings is 2. The highest BCUT2D eigenvalue weighted by atomic mass is 16.6. The molecule has 0 saturated carbocycles. The summed E-state index contributed by atoms with van der Waals surface area (Å²) in [6.07, 6.45) is 4.21. The molecule has 154 valence electrons. The van der Waals surface area contributed by atoms with Crippen molar-refractivity contribution in [1.82, 2.24) is 9.78 Å². The standard InChI is InChI=1S/C21H19N3O6/c1-23-15(9-10-22-23)19-17(29-2)12-18(30-3)20(21(19)26)16(25)8-7-13-5-4-6-14(11-13)24(27)28/h4-12,26H,1-3H3/b8-7+. The number of aryl methyl sites for hydroxylation is 1. The van der Waals surface area contributed by atoms with Crippen LogP contribution in [0.15, 0.2) is 48.7 Å². The second-order valence-electron chi connectivity index (χ2n) is 6.27. The summed E-state index contributed by atoms with van der Waals surface area (Å²) in [5, 5.41) is 26.0. The van der Waals surface area contributed by atoms with E-state index >= 15 is 0 Å². The van der Waals surface area contributed by atoms with Crippen molar-refractivity contribution in [2.24, 2.45) is 7.05 Å². The fraction of sp³-hybridized carbons (Fsp3) is 0.143. The highest BCUT2D eigenvalue weighted by Crippen LogP contribution is 2.44. The third-order valence-corrected chi connectivity index (χ3v) is 4.50. The van der Waals surface area contributed by atoms with Crippen molar-refractivity contribution in [3.63, 3.8) is 0 Å². The number of nitro groups is 1. The van der Waals surface area contributed by atoms with Gasteiger partial charge in [-0.25, -0.2) is 0 Å². The lowest BCUT2D eigenvalue weighted by Gasteiger charge is -2.16. The van der Waals surface area contributed by atoms with Gasteiger partial charge in [-0.3, -0.25) is 19.6 Å². The van der Waals surface area contributed by atoms with E-state index in [0.717, 1.165) is 0 Å². The molecule has 0 amide bonds. The number of aromatic nitrogens is 2. The van der Waals surface area contributed by atoms with E-state index in [2.05, 4.69) is 5.10 Å². The van der Waals surface area contributed by atoms with Crippen LogP contribution in [0, 0.1) is 10.1 Å². The lowest BCUT2D eigenvalue weighted by molar-refractivity contribution is -0.384. The summed E-state index contributed by atoms with van der Waals surface area (Å²) >= 11 is 0. The number of aromatic hydroxyl groups is 1. The van der Waals surface area contributed by atoms with Crippen LogP contribution in [0.5, 0.6) is 17.2 Å². The number of allylic oxidation sites excluding steroid dienone is 1. The lowest BCUT2D eigenvalue weighted by Crippen LogP contribution is -2.04. The van der Waals surface area contributed by atoms with Crippen LogP contribution in [0.3, 0.4) is 0 Å². The molecule has 0 saturated heterocycles. The number of non-ortho nitro benzene ring substituents is 1. The van der Waals surface area contributed by atoms with Gasteiger partial charge in [-0.15, -0.1) is 0 Å². The maximum absolute atomic E-state index is 12.9. The van der Waals surface area contributed by atoms with E-state index in [1.54, 1.807) is 25.4 Å². The molecule has 0 bridgehead atoms. The molecular weight excluding hydrogens is 390 g/mol. The van der Waals surface area contributed by atoms with Crippen molar-refractivity contribution in [3.05, 3.63) is 69.9 Å². The molecule has 1 aromatic heterocycles. The molecule has 0 aliphatic heterocycles. The Kier molecular flexibility index (Phi) is 5.82. The Morgan fingerprint density at radius 2 is 1.93 bits per heavy atom. The molecule has 0 atom stereocenters. The van der Waals surface area contributed by atoms with Gasteiger partial charge in [-0.2, -0.15) is 5.10 Å². The number of carbonyl (C=O) groups is 1. The van der Waals surface area contributed by atoms with Crippen molar-refractivity contribution in [1.29, 1.82) is 0 Å². The van der Waals surface area contributed by atoms with E-state index in [4.69, 9.17) is 9.47 Å². The van der Waals surface area contributed by atoms with Gasteiger partial charge in [0, 0.05) is 31.4 Å². The first kappa shape index (κ1) is 20.6. The fourth-order valence-corrected chi connectivity index (χ4v) is 3.05. The van der Waals surface area contributed by atoms with Crippen LogP contribution in [0.4, 0.5) is 5.69 Å². The first-order chi connectivity index (χ1) is 14.4. The van der Waals surface area contributed by atoms with Crippen molar-refractivity contribution < 1.29 is 24.3 Å². The Hall–Kier alpha value is -4.14. The molecule has 0 radical (unpaired) electrons. The topological polar surface area (TPSA) is 117 Å². The largest absolute Gasteiger partial charge is 0.506 e. The van der Waals surface area contributed by atoms with Gasteiger partial charge < -0.3 is 14.6 Å². The second kappa shape index (κ2) is 8.48. The highest BCUT2D eigenvalue weighted by Gasteiger charge is 2.25. The predicted molar refractivity (Wildman–Crippen MR) is 110 cm³/mol. The number of nitrogens with zero attached hydrogens (tertiary/aromatic N) is 3. The molecule has 30 heavy (non-hydrogen) atoms. The molecule has 3 rings (SSSR count). The zero-order chi connectivity index (χ0) is 21.8. The van der Waals surface area contributed by atoms with Crippen LogP contribution in [-0.4, -0.2) is 39.8 Å². The summed E-state index contributed by atoms with van der Waals surface area (Å²) in [5.74, 6) is -0.415. The Balaban J connectivity index is 2.08. The average molecular weight is 409 g/mol. The predicted octanol–water partition coefficient (Wildman–Crippen LogP) is 3.61. The van der Waals surface area contributed by atoms with Gasteiger partial charge in [0.2, 0.25) is 0 Å². The molecule has 2 aromatic carbocycles. The van der Waals surface area contributed by atoms with Crippen molar-refractivity contribution in [3.8, 4) is 28.5 Å². The summed E-state index contributed by atoms with van der Waals surface area (Å²) in [6, 6.07) is 9.04. The van der Waals surface area contributed by atoms with Gasteiger partial charge in [0.1, 0.15) is 22.8 Å². The Morgan fingerprint density at radius 1 is 1.20 bits per heavy atom. The van der Waals surface area contributed by atoms with E-state index in [1.165, 1.54) is 55.3 Å². The number of methoxy groups -OCH3 is 2.